The van der Waals surface area contributed by atoms with E-state index in [0.29, 0.717) is 5.09 Å². The SMILES string of the molecule is CNC(=O)c1cc(Sc2ccc(N3CCN(C)CC3)c(OC)c2)on1. The summed E-state index contributed by atoms with van der Waals surface area (Å²) in [4.78, 5) is 17.2. The largest absolute Gasteiger partial charge is 0.495 e. The number of anilines is 1. The second-order valence-electron chi connectivity index (χ2n) is 5.84. The van der Waals surface area contributed by atoms with Gasteiger partial charge in [-0.05, 0) is 37.0 Å². The molecule has 2 aromatic rings. The third kappa shape index (κ3) is 4.08. The molecular formula is C17H22N4O3S. The van der Waals surface area contributed by atoms with Gasteiger partial charge in [-0.1, -0.05) is 5.16 Å². The Kier molecular flexibility index (Phi) is 5.50. The van der Waals surface area contributed by atoms with E-state index in [0.717, 1.165) is 42.5 Å². The highest BCUT2D eigenvalue weighted by atomic mass is 32.2. The fraction of sp³-hybridized carbons (Fsp3) is 0.412. The molecule has 0 bridgehead atoms. The van der Waals surface area contributed by atoms with Crippen molar-refractivity contribution in [3.8, 4) is 5.75 Å². The van der Waals surface area contributed by atoms with Gasteiger partial charge in [0, 0.05) is 44.2 Å². The van der Waals surface area contributed by atoms with Gasteiger partial charge < -0.3 is 24.4 Å². The highest BCUT2D eigenvalue weighted by molar-refractivity contribution is 7.99. The molecule has 0 atom stereocenters. The van der Waals surface area contributed by atoms with Gasteiger partial charge in [-0.3, -0.25) is 4.79 Å². The minimum atomic E-state index is -0.265. The number of carbonyl (C=O) groups excluding carboxylic acids is 1. The van der Waals surface area contributed by atoms with Crippen LogP contribution in [0.4, 0.5) is 5.69 Å². The highest BCUT2D eigenvalue weighted by Crippen LogP contribution is 2.36. The number of benzene rings is 1. The zero-order valence-corrected chi connectivity index (χ0v) is 15.4. The first-order chi connectivity index (χ1) is 12.1. The van der Waals surface area contributed by atoms with E-state index in [9.17, 15) is 4.79 Å². The van der Waals surface area contributed by atoms with E-state index < -0.39 is 0 Å². The molecule has 1 aliphatic heterocycles. The van der Waals surface area contributed by atoms with Crippen LogP contribution in [0.3, 0.4) is 0 Å². The predicted octanol–water partition coefficient (Wildman–Crippen LogP) is 1.95. The van der Waals surface area contributed by atoms with Crippen molar-refractivity contribution in [3.63, 3.8) is 0 Å². The van der Waals surface area contributed by atoms with Crippen LogP contribution in [0, 0.1) is 0 Å². The van der Waals surface area contributed by atoms with Crippen LogP contribution in [-0.2, 0) is 0 Å². The van der Waals surface area contributed by atoms with Crippen molar-refractivity contribution in [3.05, 3.63) is 30.0 Å². The summed E-state index contributed by atoms with van der Waals surface area (Å²) in [6, 6.07) is 7.72. The van der Waals surface area contributed by atoms with Gasteiger partial charge in [-0.15, -0.1) is 0 Å². The third-order valence-electron chi connectivity index (χ3n) is 4.16. The van der Waals surface area contributed by atoms with E-state index >= 15 is 0 Å². The van der Waals surface area contributed by atoms with Crippen LogP contribution in [0.25, 0.3) is 0 Å². The van der Waals surface area contributed by atoms with Crippen LogP contribution < -0.4 is 15.0 Å². The van der Waals surface area contributed by atoms with Crippen LogP contribution in [0.5, 0.6) is 5.75 Å². The van der Waals surface area contributed by atoms with Crippen molar-refractivity contribution in [1.82, 2.24) is 15.4 Å². The topological polar surface area (TPSA) is 70.8 Å². The lowest BCUT2D eigenvalue weighted by atomic mass is 10.2. The van der Waals surface area contributed by atoms with Crippen molar-refractivity contribution < 1.29 is 14.1 Å². The fourth-order valence-corrected chi connectivity index (χ4v) is 3.47. The molecule has 0 spiro atoms. The Bertz CT molecular complexity index is 741. The molecule has 7 nitrogen and oxygen atoms in total. The number of nitrogens with one attached hydrogen (secondary N) is 1. The Morgan fingerprint density at radius 3 is 2.72 bits per heavy atom. The first kappa shape index (κ1) is 17.6. The number of carbonyl (C=O) groups is 1. The number of rotatable bonds is 5. The first-order valence-electron chi connectivity index (χ1n) is 8.09. The maximum atomic E-state index is 11.6. The smallest absolute Gasteiger partial charge is 0.273 e. The number of piperazine rings is 1. The number of nitrogens with zero attached hydrogens (tertiary/aromatic N) is 3. The van der Waals surface area contributed by atoms with Crippen molar-refractivity contribution in [2.75, 3.05) is 52.3 Å². The van der Waals surface area contributed by atoms with Gasteiger partial charge in [-0.2, -0.15) is 0 Å². The summed E-state index contributed by atoms with van der Waals surface area (Å²) < 4.78 is 10.8. The van der Waals surface area contributed by atoms with E-state index in [-0.39, 0.29) is 11.6 Å². The highest BCUT2D eigenvalue weighted by Gasteiger charge is 2.18. The summed E-state index contributed by atoms with van der Waals surface area (Å²) in [5.41, 5.74) is 1.37. The summed E-state index contributed by atoms with van der Waals surface area (Å²) in [5, 5.41) is 6.86. The molecule has 1 fully saturated rings. The van der Waals surface area contributed by atoms with E-state index in [2.05, 4.69) is 33.4 Å². The van der Waals surface area contributed by atoms with Gasteiger partial charge in [0.25, 0.3) is 5.91 Å². The molecule has 1 aromatic heterocycles. The molecule has 1 N–H and O–H groups in total. The summed E-state index contributed by atoms with van der Waals surface area (Å²) in [6.45, 7) is 4.05. The number of likely N-dealkylation sites (N-methyl/N-ethyl adjacent to an activating group) is 1. The number of ether oxygens (including phenoxy) is 1. The maximum absolute atomic E-state index is 11.6. The van der Waals surface area contributed by atoms with Crippen LogP contribution >= 0.6 is 11.8 Å². The average molecular weight is 362 g/mol. The molecule has 1 amide bonds. The number of hydrogen-bond donors (Lipinski definition) is 1. The van der Waals surface area contributed by atoms with Gasteiger partial charge in [0.05, 0.1) is 12.8 Å². The second kappa shape index (κ2) is 7.79. The monoisotopic (exact) mass is 362 g/mol. The van der Waals surface area contributed by atoms with E-state index in [1.807, 2.05) is 12.1 Å². The summed E-state index contributed by atoms with van der Waals surface area (Å²) >= 11 is 1.41. The summed E-state index contributed by atoms with van der Waals surface area (Å²) in [7, 11) is 5.38. The number of methoxy groups -OCH3 is 1. The van der Waals surface area contributed by atoms with Crippen molar-refractivity contribution in [1.29, 1.82) is 0 Å². The van der Waals surface area contributed by atoms with E-state index in [1.54, 1.807) is 20.2 Å². The van der Waals surface area contributed by atoms with Gasteiger partial charge in [0.15, 0.2) is 10.8 Å². The molecular weight excluding hydrogens is 340 g/mol. The molecule has 0 unspecified atom stereocenters. The average Bonchev–Trinajstić information content (AvgIpc) is 3.10. The molecule has 134 valence electrons. The minimum absolute atomic E-state index is 0.265. The molecule has 0 radical (unpaired) electrons. The Labute approximate surface area is 151 Å². The first-order valence-corrected chi connectivity index (χ1v) is 8.90. The third-order valence-corrected chi connectivity index (χ3v) is 5.05. The van der Waals surface area contributed by atoms with Gasteiger partial charge >= 0.3 is 0 Å². The van der Waals surface area contributed by atoms with Crippen molar-refractivity contribution in [2.24, 2.45) is 0 Å². The van der Waals surface area contributed by atoms with Crippen LogP contribution in [0.1, 0.15) is 10.5 Å². The molecule has 3 rings (SSSR count). The van der Waals surface area contributed by atoms with E-state index in [4.69, 9.17) is 9.26 Å². The lowest BCUT2D eigenvalue weighted by molar-refractivity contribution is 0.0953. The van der Waals surface area contributed by atoms with Crippen LogP contribution in [0.2, 0.25) is 0 Å². The van der Waals surface area contributed by atoms with Gasteiger partial charge in [0.2, 0.25) is 0 Å². The van der Waals surface area contributed by atoms with E-state index in [1.165, 1.54) is 11.8 Å². The van der Waals surface area contributed by atoms with Gasteiger partial charge in [-0.25, -0.2) is 0 Å². The standard InChI is InChI=1S/C17H22N4O3S/c1-18-17(22)13-11-16(24-19-13)25-12-4-5-14(15(10-12)23-3)21-8-6-20(2)7-9-21/h4-5,10-11H,6-9H2,1-3H3,(H,18,22). The Hall–Kier alpha value is -2.19. The molecule has 1 aliphatic rings. The Balaban J connectivity index is 1.75. The lowest BCUT2D eigenvalue weighted by Crippen LogP contribution is -2.44. The zero-order valence-electron chi connectivity index (χ0n) is 14.6. The normalized spacial score (nSPS) is 15.2. The van der Waals surface area contributed by atoms with Crippen molar-refractivity contribution >= 4 is 23.4 Å². The van der Waals surface area contributed by atoms with Gasteiger partial charge in [0.1, 0.15) is 5.75 Å². The maximum Gasteiger partial charge on any atom is 0.273 e. The second-order valence-corrected chi connectivity index (χ2v) is 6.91. The summed E-state index contributed by atoms with van der Waals surface area (Å²) in [5.74, 6) is 0.569. The lowest BCUT2D eigenvalue weighted by Gasteiger charge is -2.34. The molecule has 0 saturated carbocycles. The molecule has 8 heteroatoms. The Morgan fingerprint density at radius 2 is 2.04 bits per heavy atom. The molecule has 2 heterocycles. The Morgan fingerprint density at radius 1 is 1.28 bits per heavy atom. The number of hydrogen-bond acceptors (Lipinski definition) is 7. The van der Waals surface area contributed by atoms with Crippen LogP contribution in [0.15, 0.2) is 38.8 Å². The predicted molar refractivity (Wildman–Crippen MR) is 96.7 cm³/mol. The van der Waals surface area contributed by atoms with Crippen molar-refractivity contribution in [2.45, 2.75) is 9.99 Å². The quantitative estimate of drug-likeness (QED) is 0.872. The zero-order chi connectivity index (χ0) is 17.8. The number of aromatic nitrogens is 1. The molecule has 1 aromatic carbocycles. The van der Waals surface area contributed by atoms with Crippen LogP contribution in [-0.4, -0.2) is 63.3 Å². The molecule has 1 saturated heterocycles. The number of amides is 1. The minimum Gasteiger partial charge on any atom is -0.495 e. The molecule has 25 heavy (non-hydrogen) atoms. The molecule has 0 aliphatic carbocycles. The summed E-state index contributed by atoms with van der Waals surface area (Å²) in [6.07, 6.45) is 0. The fourth-order valence-electron chi connectivity index (χ4n) is 2.69.